The first-order valence-electron chi connectivity index (χ1n) is 8.52. The van der Waals surface area contributed by atoms with Gasteiger partial charge in [-0.3, -0.25) is 0 Å². The number of alkyl halides is 3. The van der Waals surface area contributed by atoms with E-state index in [0.717, 1.165) is 24.3 Å². The number of sulfonamides is 1. The van der Waals surface area contributed by atoms with Crippen molar-refractivity contribution in [3.63, 3.8) is 0 Å². The number of piperazine rings is 1. The van der Waals surface area contributed by atoms with E-state index in [9.17, 15) is 31.5 Å². The predicted octanol–water partition coefficient (Wildman–Crippen LogP) is 3.37. The van der Waals surface area contributed by atoms with Gasteiger partial charge in [0.2, 0.25) is 10.0 Å². The average Bonchev–Trinajstić information content (AvgIpc) is 2.51. The number of ether oxygens (including phenoxy) is 1. The molecule has 1 aliphatic heterocycles. The summed E-state index contributed by atoms with van der Waals surface area (Å²) >= 11 is 0. The highest BCUT2D eigenvalue weighted by Crippen LogP contribution is 2.35. The largest absolute Gasteiger partial charge is 0.573 e. The van der Waals surface area contributed by atoms with Gasteiger partial charge in [0.1, 0.15) is 5.75 Å². The zero-order valence-electron chi connectivity index (χ0n) is 15.9. The van der Waals surface area contributed by atoms with Crippen molar-refractivity contribution in [3.05, 3.63) is 24.3 Å². The monoisotopic (exact) mass is 424 g/mol. The predicted molar refractivity (Wildman–Crippen MR) is 94.5 cm³/mol. The number of carboxylic acid groups (broad SMARTS) is 1. The molecular formula is C17H23F3N2O5S. The molecule has 1 unspecified atom stereocenters. The van der Waals surface area contributed by atoms with Gasteiger partial charge in [0.05, 0.1) is 10.9 Å². The molecule has 11 heteroatoms. The van der Waals surface area contributed by atoms with E-state index in [0.29, 0.717) is 0 Å². The Labute approximate surface area is 161 Å². The lowest BCUT2D eigenvalue weighted by molar-refractivity contribution is -0.274. The minimum absolute atomic E-state index is 0.00386. The Morgan fingerprint density at radius 2 is 1.68 bits per heavy atom. The minimum atomic E-state index is -4.87. The quantitative estimate of drug-likeness (QED) is 0.804. The number of halogens is 3. The molecule has 1 aliphatic rings. The summed E-state index contributed by atoms with van der Waals surface area (Å²) < 4.78 is 67.9. The maximum atomic E-state index is 13.0. The van der Waals surface area contributed by atoms with Crippen molar-refractivity contribution in [2.24, 2.45) is 5.41 Å². The summed E-state index contributed by atoms with van der Waals surface area (Å²) in [7, 11) is -4.04. The van der Waals surface area contributed by atoms with E-state index in [4.69, 9.17) is 0 Å². The smallest absolute Gasteiger partial charge is 0.465 e. The van der Waals surface area contributed by atoms with Crippen molar-refractivity contribution in [2.45, 2.75) is 51.0 Å². The fourth-order valence-corrected chi connectivity index (χ4v) is 5.29. The van der Waals surface area contributed by atoms with Crippen molar-refractivity contribution in [3.8, 4) is 5.75 Å². The van der Waals surface area contributed by atoms with Gasteiger partial charge in [-0.25, -0.2) is 13.2 Å². The first-order chi connectivity index (χ1) is 12.6. The third-order valence-corrected chi connectivity index (χ3v) is 6.61. The van der Waals surface area contributed by atoms with Crippen molar-refractivity contribution < 1.29 is 36.2 Å². The summed E-state index contributed by atoms with van der Waals surface area (Å²) in [6.07, 6.45) is -6.00. The van der Waals surface area contributed by atoms with Crippen LogP contribution in [0.15, 0.2) is 29.2 Å². The van der Waals surface area contributed by atoms with Crippen LogP contribution in [0.3, 0.4) is 0 Å². The Morgan fingerprint density at radius 3 is 2.11 bits per heavy atom. The topological polar surface area (TPSA) is 87.2 Å². The molecule has 1 aromatic rings. The van der Waals surface area contributed by atoms with Gasteiger partial charge in [-0.05, 0) is 36.6 Å². The lowest BCUT2D eigenvalue weighted by atomic mass is 9.80. The zero-order valence-corrected chi connectivity index (χ0v) is 16.7. The highest BCUT2D eigenvalue weighted by Gasteiger charge is 2.46. The highest BCUT2D eigenvalue weighted by molar-refractivity contribution is 7.89. The van der Waals surface area contributed by atoms with Gasteiger partial charge in [-0.2, -0.15) is 4.31 Å². The molecule has 0 aromatic heterocycles. The molecule has 0 bridgehead atoms. The van der Waals surface area contributed by atoms with Crippen molar-refractivity contribution in [1.29, 1.82) is 0 Å². The second-order valence-corrected chi connectivity index (χ2v) is 9.55. The molecule has 0 saturated carbocycles. The van der Waals surface area contributed by atoms with Gasteiger partial charge in [-0.15, -0.1) is 13.2 Å². The van der Waals surface area contributed by atoms with Crippen molar-refractivity contribution in [2.75, 3.05) is 13.1 Å². The van der Waals surface area contributed by atoms with Crippen molar-refractivity contribution >= 4 is 16.1 Å². The van der Waals surface area contributed by atoms with E-state index >= 15 is 0 Å². The van der Waals surface area contributed by atoms with Crippen LogP contribution in [0.1, 0.15) is 27.7 Å². The zero-order chi connectivity index (χ0) is 21.5. The van der Waals surface area contributed by atoms with Gasteiger partial charge in [-0.1, -0.05) is 20.8 Å². The van der Waals surface area contributed by atoms with E-state index in [1.165, 1.54) is 9.21 Å². The second kappa shape index (κ2) is 7.43. The Balaban J connectivity index is 2.34. The number of carbonyl (C=O) groups is 1. The number of hydrogen-bond donors (Lipinski definition) is 1. The van der Waals surface area contributed by atoms with Gasteiger partial charge in [0.25, 0.3) is 0 Å². The normalized spacial score (nSPS) is 22.2. The highest BCUT2D eigenvalue weighted by atomic mass is 32.2. The van der Waals surface area contributed by atoms with E-state index < -0.39 is 45.7 Å². The Kier molecular flexibility index (Phi) is 5.91. The molecule has 1 fully saturated rings. The van der Waals surface area contributed by atoms with Gasteiger partial charge >= 0.3 is 12.5 Å². The van der Waals surface area contributed by atoms with E-state index in [1.807, 2.05) is 20.8 Å². The molecule has 2 rings (SSSR count). The van der Waals surface area contributed by atoms with E-state index in [2.05, 4.69) is 4.74 Å². The van der Waals surface area contributed by atoms with Crippen LogP contribution < -0.4 is 4.74 Å². The summed E-state index contributed by atoms with van der Waals surface area (Å²) in [5.41, 5.74) is -0.531. The lowest BCUT2D eigenvalue weighted by Gasteiger charge is -2.49. The molecule has 1 amide bonds. The molecule has 7 nitrogen and oxygen atoms in total. The molecule has 1 heterocycles. The van der Waals surface area contributed by atoms with Crippen LogP contribution in [0.5, 0.6) is 5.75 Å². The standard InChI is InChI=1S/C17H23F3N2O5S/c1-11-14(16(2,3)4)21(15(23)24)9-10-22(11)28(25,26)13-7-5-12(6-8-13)27-17(18,19)20/h5-8,11,14H,9-10H2,1-4H3,(H,23,24)/t11-,14?/m0/s1. The number of nitrogens with zero attached hydrogens (tertiary/aromatic N) is 2. The maximum Gasteiger partial charge on any atom is 0.573 e. The second-order valence-electron chi connectivity index (χ2n) is 7.66. The van der Waals surface area contributed by atoms with Gasteiger partial charge < -0.3 is 14.7 Å². The Bertz CT molecular complexity index is 819. The molecule has 1 N–H and O–H groups in total. The van der Waals surface area contributed by atoms with Crippen LogP contribution in [-0.4, -0.2) is 60.4 Å². The van der Waals surface area contributed by atoms with Crippen LogP contribution in [0.2, 0.25) is 0 Å². The van der Waals surface area contributed by atoms with Crippen LogP contribution in [0.4, 0.5) is 18.0 Å². The van der Waals surface area contributed by atoms with Crippen molar-refractivity contribution in [1.82, 2.24) is 9.21 Å². The van der Waals surface area contributed by atoms with Crippen LogP contribution >= 0.6 is 0 Å². The third-order valence-electron chi connectivity index (χ3n) is 4.61. The molecule has 2 atom stereocenters. The fraction of sp³-hybridized carbons (Fsp3) is 0.588. The van der Waals surface area contributed by atoms with E-state index in [-0.39, 0.29) is 18.0 Å². The molecule has 0 aliphatic carbocycles. The minimum Gasteiger partial charge on any atom is -0.465 e. The van der Waals surface area contributed by atoms with E-state index in [1.54, 1.807) is 6.92 Å². The number of benzene rings is 1. The SMILES string of the molecule is C[C@H]1C(C(C)(C)C)N(C(=O)O)CCN1S(=O)(=O)c1ccc(OC(F)(F)F)cc1. The molecule has 1 aromatic carbocycles. The van der Waals surface area contributed by atoms with Gasteiger partial charge in [0, 0.05) is 19.1 Å². The summed E-state index contributed by atoms with van der Waals surface area (Å²) in [6, 6.07) is 2.68. The Hall–Kier alpha value is -2.01. The molecule has 1 saturated heterocycles. The first-order valence-corrected chi connectivity index (χ1v) is 9.96. The average molecular weight is 424 g/mol. The van der Waals surface area contributed by atoms with Gasteiger partial charge in [0.15, 0.2) is 0 Å². The summed E-state index contributed by atoms with van der Waals surface area (Å²) in [5.74, 6) is -0.525. The first kappa shape index (κ1) is 22.3. The molecule has 158 valence electrons. The summed E-state index contributed by atoms with van der Waals surface area (Å²) in [5, 5.41) is 9.47. The number of hydrogen-bond acceptors (Lipinski definition) is 4. The summed E-state index contributed by atoms with van der Waals surface area (Å²) in [6.45, 7) is 7.04. The third kappa shape index (κ3) is 4.69. The number of amides is 1. The molecule has 28 heavy (non-hydrogen) atoms. The van der Waals surface area contributed by atoms with Crippen LogP contribution in [-0.2, 0) is 10.0 Å². The molecule has 0 spiro atoms. The summed E-state index contributed by atoms with van der Waals surface area (Å²) in [4.78, 5) is 12.6. The molecular weight excluding hydrogens is 401 g/mol. The fourth-order valence-electron chi connectivity index (χ4n) is 3.66. The Morgan fingerprint density at radius 1 is 1.14 bits per heavy atom. The van der Waals surface area contributed by atoms with Crippen LogP contribution in [0.25, 0.3) is 0 Å². The molecule has 0 radical (unpaired) electrons. The lowest BCUT2D eigenvalue weighted by Crippen LogP contribution is -2.64. The number of rotatable bonds is 3. The maximum absolute atomic E-state index is 13.0. The van der Waals surface area contributed by atoms with Crippen LogP contribution in [0, 0.1) is 5.41 Å².